The Morgan fingerprint density at radius 2 is 2.11 bits per heavy atom. The van der Waals surface area contributed by atoms with Crippen molar-refractivity contribution in [3.63, 3.8) is 0 Å². The van der Waals surface area contributed by atoms with Crippen LogP contribution in [0.15, 0.2) is 29.4 Å². The van der Waals surface area contributed by atoms with E-state index in [4.69, 9.17) is 4.74 Å². The van der Waals surface area contributed by atoms with E-state index in [9.17, 15) is 0 Å². The molecule has 1 heterocycles. The molecule has 2 aromatic rings. The number of hydrogen-bond donors (Lipinski definition) is 0. The molecule has 0 atom stereocenters. The molecule has 0 saturated carbocycles. The Hall–Kier alpha value is -2.10. The zero-order valence-electron chi connectivity index (χ0n) is 11.1. The lowest BCUT2D eigenvalue weighted by atomic mass is 10.2. The molecule has 0 spiro atoms. The molecule has 0 radical (unpaired) electrons. The van der Waals surface area contributed by atoms with Gasteiger partial charge in [0.2, 0.25) is 0 Å². The zero-order chi connectivity index (χ0) is 13.1. The van der Waals surface area contributed by atoms with Gasteiger partial charge in [0.1, 0.15) is 17.3 Å². The van der Waals surface area contributed by atoms with Crippen LogP contribution < -0.4 is 4.74 Å². The number of ether oxygens (including phenoxy) is 1. The molecule has 0 fully saturated rings. The normalized spacial score (nSPS) is 11.1. The van der Waals surface area contributed by atoms with Crippen molar-refractivity contribution in [3.8, 4) is 5.75 Å². The maximum Gasteiger partial charge on any atom is 0.144 e. The summed E-state index contributed by atoms with van der Waals surface area (Å²) in [6.45, 7) is 3.99. The van der Waals surface area contributed by atoms with Gasteiger partial charge in [0.05, 0.1) is 19.0 Å². The zero-order valence-corrected chi connectivity index (χ0v) is 11.1. The van der Waals surface area contributed by atoms with E-state index in [0.717, 1.165) is 28.5 Å². The fraction of sp³-hybridized carbons (Fsp3) is 0.286. The third-order valence-corrected chi connectivity index (χ3v) is 2.80. The molecule has 18 heavy (non-hydrogen) atoms. The highest BCUT2D eigenvalue weighted by molar-refractivity contribution is 5.80. The maximum atomic E-state index is 5.30. The summed E-state index contributed by atoms with van der Waals surface area (Å²) >= 11 is 0. The molecule has 1 aromatic carbocycles. The van der Waals surface area contributed by atoms with Crippen LogP contribution in [-0.4, -0.2) is 22.9 Å². The molecule has 4 nitrogen and oxygen atoms in total. The summed E-state index contributed by atoms with van der Waals surface area (Å²) in [5, 5.41) is 0. The van der Waals surface area contributed by atoms with E-state index in [-0.39, 0.29) is 0 Å². The van der Waals surface area contributed by atoms with Crippen molar-refractivity contribution in [2.45, 2.75) is 13.8 Å². The molecule has 0 saturated heterocycles. The second-order valence-electron chi connectivity index (χ2n) is 4.26. The molecule has 2 rings (SSSR count). The minimum Gasteiger partial charge on any atom is -0.494 e. The molecule has 0 aliphatic carbocycles. The average Bonchev–Trinajstić information content (AvgIpc) is 2.67. The predicted molar refractivity (Wildman–Crippen MR) is 72.9 cm³/mol. The van der Waals surface area contributed by atoms with Gasteiger partial charge in [0, 0.05) is 13.2 Å². The van der Waals surface area contributed by atoms with Crippen molar-refractivity contribution in [2.24, 2.45) is 12.0 Å². The van der Waals surface area contributed by atoms with E-state index in [0.29, 0.717) is 0 Å². The lowest BCUT2D eigenvalue weighted by Gasteiger charge is -2.04. The molecule has 0 bridgehead atoms. The third kappa shape index (κ3) is 2.59. The first-order chi connectivity index (χ1) is 8.60. The molecule has 0 N–H and O–H groups in total. The number of nitrogens with zero attached hydrogens (tertiary/aromatic N) is 3. The van der Waals surface area contributed by atoms with Crippen LogP contribution in [0, 0.1) is 13.8 Å². The Morgan fingerprint density at radius 1 is 1.33 bits per heavy atom. The Labute approximate surface area is 107 Å². The quantitative estimate of drug-likeness (QED) is 0.778. The highest BCUT2D eigenvalue weighted by Gasteiger charge is 2.02. The number of hydrogen-bond acceptors (Lipinski definition) is 3. The molecule has 0 aliphatic rings. The molecule has 0 amide bonds. The van der Waals surface area contributed by atoms with Gasteiger partial charge < -0.3 is 9.30 Å². The lowest BCUT2D eigenvalue weighted by molar-refractivity contribution is 0.416. The number of benzene rings is 1. The fourth-order valence-corrected chi connectivity index (χ4v) is 1.68. The first kappa shape index (κ1) is 12.4. The van der Waals surface area contributed by atoms with Crippen LogP contribution in [0.4, 0.5) is 5.69 Å². The summed E-state index contributed by atoms with van der Waals surface area (Å²) in [4.78, 5) is 8.79. The van der Waals surface area contributed by atoms with Crippen molar-refractivity contribution >= 4 is 11.9 Å². The van der Waals surface area contributed by atoms with Crippen LogP contribution in [0.25, 0.3) is 0 Å². The molecular weight excluding hydrogens is 226 g/mol. The SMILES string of the molecule is COc1cc(C)ccc1/N=C/c1cn(C)c(C)n1. The topological polar surface area (TPSA) is 39.4 Å². The second kappa shape index (κ2) is 5.04. The molecule has 4 heteroatoms. The molecular formula is C14H17N3O. The molecule has 0 aliphatic heterocycles. The number of aliphatic imine (C=N–C) groups is 1. The van der Waals surface area contributed by atoms with Crippen molar-refractivity contribution in [1.82, 2.24) is 9.55 Å². The minimum absolute atomic E-state index is 0.777. The van der Waals surface area contributed by atoms with Crippen LogP contribution in [-0.2, 0) is 7.05 Å². The smallest absolute Gasteiger partial charge is 0.144 e. The van der Waals surface area contributed by atoms with E-state index >= 15 is 0 Å². The predicted octanol–water partition coefficient (Wildman–Crippen LogP) is 2.80. The van der Waals surface area contributed by atoms with E-state index < -0.39 is 0 Å². The van der Waals surface area contributed by atoms with E-state index in [1.807, 2.05) is 49.9 Å². The van der Waals surface area contributed by atoms with Gasteiger partial charge in [-0.1, -0.05) is 6.07 Å². The number of aromatic nitrogens is 2. The summed E-state index contributed by atoms with van der Waals surface area (Å²) in [7, 11) is 3.62. The number of methoxy groups -OCH3 is 1. The molecule has 94 valence electrons. The maximum absolute atomic E-state index is 5.30. The summed E-state index contributed by atoms with van der Waals surface area (Å²) < 4.78 is 7.27. The van der Waals surface area contributed by atoms with Gasteiger partial charge in [-0.25, -0.2) is 4.98 Å². The summed E-state index contributed by atoms with van der Waals surface area (Å²) in [6, 6.07) is 5.93. The molecule has 1 aromatic heterocycles. The van der Waals surface area contributed by atoms with Crippen molar-refractivity contribution in [3.05, 3.63) is 41.5 Å². The highest BCUT2D eigenvalue weighted by atomic mass is 16.5. The highest BCUT2D eigenvalue weighted by Crippen LogP contribution is 2.27. The van der Waals surface area contributed by atoms with Crippen LogP contribution in [0.5, 0.6) is 5.75 Å². The van der Waals surface area contributed by atoms with Gasteiger partial charge in [-0.2, -0.15) is 0 Å². The lowest BCUT2D eigenvalue weighted by Crippen LogP contribution is -1.86. The number of imidazole rings is 1. The minimum atomic E-state index is 0.777. The van der Waals surface area contributed by atoms with Crippen LogP contribution in [0.1, 0.15) is 17.1 Å². The first-order valence-electron chi connectivity index (χ1n) is 5.79. The van der Waals surface area contributed by atoms with Crippen molar-refractivity contribution in [2.75, 3.05) is 7.11 Å². The Bertz CT molecular complexity index is 565. The standard InChI is InChI=1S/C14H17N3O/c1-10-5-6-13(14(7-10)18-4)15-8-12-9-17(3)11(2)16-12/h5-9H,1-4H3/b15-8+. The van der Waals surface area contributed by atoms with Gasteiger partial charge >= 0.3 is 0 Å². The number of rotatable bonds is 3. The third-order valence-electron chi connectivity index (χ3n) is 2.80. The van der Waals surface area contributed by atoms with Crippen molar-refractivity contribution in [1.29, 1.82) is 0 Å². The van der Waals surface area contributed by atoms with Crippen molar-refractivity contribution < 1.29 is 4.74 Å². The monoisotopic (exact) mass is 243 g/mol. The van der Waals surface area contributed by atoms with Gasteiger partial charge in [-0.15, -0.1) is 0 Å². The summed E-state index contributed by atoms with van der Waals surface area (Å²) in [5.41, 5.74) is 2.81. The Balaban J connectivity index is 2.28. The van der Waals surface area contributed by atoms with Crippen LogP contribution in [0.3, 0.4) is 0 Å². The van der Waals surface area contributed by atoms with Crippen LogP contribution in [0.2, 0.25) is 0 Å². The van der Waals surface area contributed by atoms with Gasteiger partial charge in [-0.05, 0) is 31.5 Å². The second-order valence-corrected chi connectivity index (χ2v) is 4.26. The van der Waals surface area contributed by atoms with Gasteiger partial charge in [-0.3, -0.25) is 4.99 Å². The van der Waals surface area contributed by atoms with Gasteiger partial charge in [0.25, 0.3) is 0 Å². The Kier molecular flexibility index (Phi) is 3.46. The van der Waals surface area contributed by atoms with Gasteiger partial charge in [0.15, 0.2) is 0 Å². The largest absolute Gasteiger partial charge is 0.494 e. The average molecular weight is 243 g/mol. The summed E-state index contributed by atoms with van der Waals surface area (Å²) in [6.07, 6.45) is 3.69. The van der Waals surface area contributed by atoms with E-state index in [2.05, 4.69) is 9.98 Å². The van der Waals surface area contributed by atoms with Crippen LogP contribution >= 0.6 is 0 Å². The molecule has 0 unspecified atom stereocenters. The fourth-order valence-electron chi connectivity index (χ4n) is 1.68. The summed E-state index contributed by atoms with van der Waals surface area (Å²) in [5.74, 6) is 1.74. The van der Waals surface area contributed by atoms with E-state index in [1.165, 1.54) is 0 Å². The number of aryl methyl sites for hydroxylation is 3. The Morgan fingerprint density at radius 3 is 2.72 bits per heavy atom. The van der Waals surface area contributed by atoms with E-state index in [1.54, 1.807) is 13.3 Å². The first-order valence-corrected chi connectivity index (χ1v) is 5.79.